The van der Waals surface area contributed by atoms with Gasteiger partial charge in [-0.15, -0.1) is 0 Å². The van der Waals surface area contributed by atoms with Gasteiger partial charge in [0.05, 0.1) is 19.8 Å². The molecule has 0 amide bonds. The standard InChI is InChI=1S/C40H79O10P/c1-3-5-7-9-11-13-15-17-19-21-23-25-27-29-31-39(43)47-35-38(36-49-51(45,46)48-34-37(42)33-41)50-40(44)32-30-28-26-24-22-20-18-16-14-12-10-8-6-4-2/h37-38,41-42H,3-36H2,1-2H3,(H,45,46)/t37?,38-/m1/s1. The lowest BCUT2D eigenvalue weighted by molar-refractivity contribution is -0.161. The van der Waals surface area contributed by atoms with E-state index in [-0.39, 0.29) is 19.4 Å². The van der Waals surface area contributed by atoms with Crippen LogP contribution in [0.1, 0.15) is 206 Å². The monoisotopic (exact) mass is 751 g/mol. The topological polar surface area (TPSA) is 149 Å². The van der Waals surface area contributed by atoms with Gasteiger partial charge in [0, 0.05) is 12.8 Å². The normalized spacial score (nSPS) is 13.9. The van der Waals surface area contributed by atoms with Crippen molar-refractivity contribution in [2.75, 3.05) is 26.4 Å². The van der Waals surface area contributed by atoms with Gasteiger partial charge >= 0.3 is 19.8 Å². The molecule has 3 atom stereocenters. The lowest BCUT2D eigenvalue weighted by atomic mass is 10.0. The summed E-state index contributed by atoms with van der Waals surface area (Å²) in [4.78, 5) is 34.9. The van der Waals surface area contributed by atoms with Gasteiger partial charge in [-0.2, -0.15) is 0 Å². The molecule has 0 aromatic heterocycles. The van der Waals surface area contributed by atoms with Crippen LogP contribution in [0.25, 0.3) is 0 Å². The van der Waals surface area contributed by atoms with E-state index in [1.54, 1.807) is 0 Å². The average molecular weight is 751 g/mol. The summed E-state index contributed by atoms with van der Waals surface area (Å²) < 4.78 is 32.7. The minimum atomic E-state index is -4.60. The number of unbranched alkanes of at least 4 members (excludes halogenated alkanes) is 26. The molecule has 0 radical (unpaired) electrons. The van der Waals surface area contributed by atoms with E-state index in [4.69, 9.17) is 19.1 Å². The maximum atomic E-state index is 12.6. The quantitative estimate of drug-likeness (QED) is 0.0314. The summed E-state index contributed by atoms with van der Waals surface area (Å²) in [6.07, 6.45) is 32.1. The zero-order chi connectivity index (χ0) is 37.7. The number of aliphatic hydroxyl groups is 2. The van der Waals surface area contributed by atoms with Crippen molar-refractivity contribution < 1.29 is 47.8 Å². The lowest BCUT2D eigenvalue weighted by Crippen LogP contribution is -2.29. The Balaban J connectivity index is 4.28. The second-order valence-electron chi connectivity index (χ2n) is 14.4. The third-order valence-electron chi connectivity index (χ3n) is 9.26. The molecule has 0 fully saturated rings. The third kappa shape index (κ3) is 37.1. The Labute approximate surface area is 312 Å². The SMILES string of the molecule is CCCCCCCCCCCCCCCCC(=O)OC[C@H](COP(=O)(O)OCC(O)CO)OC(=O)CCCCCCCCCCCCCCCC. The van der Waals surface area contributed by atoms with Crippen molar-refractivity contribution >= 4 is 19.8 Å². The van der Waals surface area contributed by atoms with Gasteiger partial charge in [-0.1, -0.05) is 181 Å². The Morgan fingerprint density at radius 1 is 0.510 bits per heavy atom. The number of hydrogen-bond donors (Lipinski definition) is 3. The molecule has 0 aromatic carbocycles. The summed E-state index contributed by atoms with van der Waals surface area (Å²) in [5.74, 6) is -0.911. The van der Waals surface area contributed by atoms with Gasteiger partial charge in [-0.3, -0.25) is 18.6 Å². The van der Waals surface area contributed by atoms with Crippen LogP contribution in [0.3, 0.4) is 0 Å². The van der Waals surface area contributed by atoms with Crippen LogP contribution in [0, 0.1) is 0 Å². The minimum Gasteiger partial charge on any atom is -0.462 e. The molecular formula is C40H79O10P. The largest absolute Gasteiger partial charge is 0.472 e. The number of hydrogen-bond acceptors (Lipinski definition) is 9. The van der Waals surface area contributed by atoms with E-state index in [1.807, 2.05) is 0 Å². The van der Waals surface area contributed by atoms with Gasteiger partial charge in [0.15, 0.2) is 6.10 Å². The van der Waals surface area contributed by atoms with E-state index in [0.29, 0.717) is 12.8 Å². The Morgan fingerprint density at radius 3 is 1.22 bits per heavy atom. The van der Waals surface area contributed by atoms with E-state index < -0.39 is 51.8 Å². The highest BCUT2D eigenvalue weighted by Gasteiger charge is 2.27. The molecule has 51 heavy (non-hydrogen) atoms. The van der Waals surface area contributed by atoms with Gasteiger partial charge in [0.1, 0.15) is 12.7 Å². The summed E-state index contributed by atoms with van der Waals surface area (Å²) in [5.41, 5.74) is 0. The van der Waals surface area contributed by atoms with Gasteiger partial charge in [-0.05, 0) is 12.8 Å². The number of phosphoric ester groups is 1. The molecule has 3 N–H and O–H groups in total. The molecule has 0 heterocycles. The molecule has 0 saturated heterocycles. The van der Waals surface area contributed by atoms with E-state index in [1.165, 1.54) is 135 Å². The number of carbonyl (C=O) groups is 2. The molecule has 2 unspecified atom stereocenters. The second kappa shape index (κ2) is 37.3. The molecule has 0 aliphatic carbocycles. The summed E-state index contributed by atoms with van der Waals surface area (Å²) >= 11 is 0. The first-order valence-electron chi connectivity index (χ1n) is 21.0. The van der Waals surface area contributed by atoms with Crippen molar-refractivity contribution in [1.82, 2.24) is 0 Å². The fourth-order valence-electron chi connectivity index (χ4n) is 5.99. The highest BCUT2D eigenvalue weighted by atomic mass is 31.2. The zero-order valence-corrected chi connectivity index (χ0v) is 33.7. The van der Waals surface area contributed by atoms with Crippen LogP contribution in [-0.4, -0.2) is 65.7 Å². The van der Waals surface area contributed by atoms with Crippen molar-refractivity contribution in [1.29, 1.82) is 0 Å². The van der Waals surface area contributed by atoms with Crippen LogP contribution in [0.5, 0.6) is 0 Å². The summed E-state index contributed by atoms with van der Waals surface area (Å²) in [6, 6.07) is 0. The summed E-state index contributed by atoms with van der Waals surface area (Å²) in [6.45, 7) is 2.41. The zero-order valence-electron chi connectivity index (χ0n) is 32.8. The predicted molar refractivity (Wildman–Crippen MR) is 206 cm³/mol. The molecule has 0 bridgehead atoms. The number of phosphoric acid groups is 1. The van der Waals surface area contributed by atoms with Crippen LogP contribution in [0.15, 0.2) is 0 Å². The van der Waals surface area contributed by atoms with E-state index >= 15 is 0 Å². The maximum Gasteiger partial charge on any atom is 0.472 e. The van der Waals surface area contributed by atoms with Crippen molar-refractivity contribution in [2.24, 2.45) is 0 Å². The molecule has 304 valence electrons. The molecule has 0 aromatic rings. The molecule has 11 heteroatoms. The highest BCUT2D eigenvalue weighted by molar-refractivity contribution is 7.47. The molecule has 0 aliphatic heterocycles. The van der Waals surface area contributed by atoms with E-state index in [2.05, 4.69) is 18.4 Å². The predicted octanol–water partition coefficient (Wildman–Crippen LogP) is 10.7. The Morgan fingerprint density at radius 2 is 0.843 bits per heavy atom. The number of carbonyl (C=O) groups excluding carboxylic acids is 2. The van der Waals surface area contributed by atoms with Crippen molar-refractivity contribution in [2.45, 2.75) is 219 Å². The first-order valence-corrected chi connectivity index (χ1v) is 22.5. The highest BCUT2D eigenvalue weighted by Crippen LogP contribution is 2.43. The smallest absolute Gasteiger partial charge is 0.462 e. The molecule has 0 spiro atoms. The van der Waals surface area contributed by atoms with Crippen molar-refractivity contribution in [3.63, 3.8) is 0 Å². The second-order valence-corrected chi connectivity index (χ2v) is 15.8. The van der Waals surface area contributed by atoms with Gasteiger partial charge in [0.25, 0.3) is 0 Å². The van der Waals surface area contributed by atoms with Crippen LogP contribution < -0.4 is 0 Å². The van der Waals surface area contributed by atoms with E-state index in [0.717, 1.165) is 32.1 Å². The minimum absolute atomic E-state index is 0.192. The lowest BCUT2D eigenvalue weighted by Gasteiger charge is -2.20. The Kier molecular flexibility index (Phi) is 36.5. The van der Waals surface area contributed by atoms with Crippen molar-refractivity contribution in [3.05, 3.63) is 0 Å². The van der Waals surface area contributed by atoms with Crippen LogP contribution in [0.2, 0.25) is 0 Å². The van der Waals surface area contributed by atoms with E-state index in [9.17, 15) is 24.2 Å². The van der Waals surface area contributed by atoms with Gasteiger partial charge in [-0.25, -0.2) is 4.57 Å². The maximum absolute atomic E-state index is 12.6. The van der Waals surface area contributed by atoms with Crippen LogP contribution in [-0.2, 0) is 32.7 Å². The molecule has 0 aliphatic rings. The fourth-order valence-corrected chi connectivity index (χ4v) is 6.78. The van der Waals surface area contributed by atoms with Crippen LogP contribution >= 0.6 is 7.82 Å². The number of ether oxygens (including phenoxy) is 2. The van der Waals surface area contributed by atoms with Gasteiger partial charge < -0.3 is 24.6 Å². The summed E-state index contributed by atoms with van der Waals surface area (Å²) in [7, 11) is -4.60. The van der Waals surface area contributed by atoms with Gasteiger partial charge in [0.2, 0.25) is 0 Å². The first kappa shape index (κ1) is 50.0. The fraction of sp³-hybridized carbons (Fsp3) is 0.950. The third-order valence-corrected chi connectivity index (χ3v) is 10.2. The average Bonchev–Trinajstić information content (AvgIpc) is 3.12. The molecule has 10 nitrogen and oxygen atoms in total. The van der Waals surface area contributed by atoms with Crippen LogP contribution in [0.4, 0.5) is 0 Å². The number of rotatable bonds is 40. The Bertz CT molecular complexity index is 827. The number of esters is 2. The molecular weight excluding hydrogens is 671 g/mol. The number of aliphatic hydroxyl groups excluding tert-OH is 2. The molecule has 0 rings (SSSR count). The first-order chi connectivity index (χ1) is 24.7. The Hall–Kier alpha value is -1.03. The molecule has 0 saturated carbocycles. The van der Waals surface area contributed by atoms with Crippen molar-refractivity contribution in [3.8, 4) is 0 Å². The summed E-state index contributed by atoms with van der Waals surface area (Å²) in [5, 5.41) is 18.3.